The average Bonchev–Trinajstić information content (AvgIpc) is 3.18. The fourth-order valence-corrected chi connectivity index (χ4v) is 4.04. The number of benzene rings is 1. The van der Waals surface area contributed by atoms with Crippen molar-refractivity contribution in [3.05, 3.63) is 41.7 Å². The van der Waals surface area contributed by atoms with Gasteiger partial charge in [-0.05, 0) is 26.3 Å². The van der Waals surface area contributed by atoms with E-state index in [1.54, 1.807) is 4.52 Å². The molecule has 0 spiro atoms. The van der Waals surface area contributed by atoms with E-state index in [-0.39, 0.29) is 0 Å². The molecule has 1 atom stereocenters. The number of rotatable bonds is 6. The minimum Gasteiger partial charge on any atom is -0.444 e. The van der Waals surface area contributed by atoms with Crippen molar-refractivity contribution in [1.82, 2.24) is 25.1 Å². The highest BCUT2D eigenvalue weighted by Crippen LogP contribution is 2.26. The van der Waals surface area contributed by atoms with Crippen LogP contribution in [0.2, 0.25) is 0 Å². The van der Waals surface area contributed by atoms with E-state index < -0.39 is 17.7 Å². The zero-order valence-corrected chi connectivity index (χ0v) is 17.4. The smallest absolute Gasteiger partial charge is 0.408 e. The molecule has 8 nitrogen and oxygen atoms in total. The van der Waals surface area contributed by atoms with Crippen LogP contribution in [0.4, 0.5) is 4.79 Å². The number of amides is 1. The summed E-state index contributed by atoms with van der Waals surface area (Å²) in [5.74, 6) is 0.827. The van der Waals surface area contributed by atoms with Gasteiger partial charge in [0.2, 0.25) is 4.96 Å². The first-order valence-corrected chi connectivity index (χ1v) is 10.4. The van der Waals surface area contributed by atoms with Crippen molar-refractivity contribution >= 4 is 34.2 Å². The van der Waals surface area contributed by atoms with Crippen LogP contribution in [-0.4, -0.2) is 37.3 Å². The van der Waals surface area contributed by atoms with Gasteiger partial charge < -0.3 is 10.1 Å². The van der Waals surface area contributed by atoms with Crippen LogP contribution >= 0.6 is 23.1 Å². The van der Waals surface area contributed by atoms with Gasteiger partial charge in [0.1, 0.15) is 5.60 Å². The highest BCUT2D eigenvalue weighted by atomic mass is 32.2. The van der Waals surface area contributed by atoms with E-state index in [4.69, 9.17) is 10.00 Å². The second kappa shape index (κ2) is 8.58. The van der Waals surface area contributed by atoms with Gasteiger partial charge in [0.25, 0.3) is 0 Å². The van der Waals surface area contributed by atoms with Gasteiger partial charge in [-0.3, -0.25) is 0 Å². The quantitative estimate of drug-likeness (QED) is 0.612. The Morgan fingerprint density at radius 2 is 2.11 bits per heavy atom. The fraction of sp³-hybridized carbons (Fsp3) is 0.389. The Morgan fingerprint density at radius 3 is 2.79 bits per heavy atom. The molecule has 0 aliphatic rings. The first kappa shape index (κ1) is 20.1. The Bertz CT molecular complexity index is 987. The van der Waals surface area contributed by atoms with E-state index in [1.807, 2.05) is 51.1 Å². The second-order valence-electron chi connectivity index (χ2n) is 6.96. The predicted octanol–water partition coefficient (Wildman–Crippen LogP) is 3.61. The van der Waals surface area contributed by atoms with E-state index >= 15 is 0 Å². The minimum atomic E-state index is -0.608. The molecule has 2 aromatic heterocycles. The molecule has 0 radical (unpaired) electrons. The third-order valence-electron chi connectivity index (χ3n) is 3.54. The molecule has 0 unspecified atom stereocenters. The number of alkyl carbamates (subject to hydrolysis) is 1. The van der Waals surface area contributed by atoms with Crippen LogP contribution in [0.5, 0.6) is 0 Å². The summed E-state index contributed by atoms with van der Waals surface area (Å²) in [5.41, 5.74) is 0.429. The molecule has 146 valence electrons. The van der Waals surface area contributed by atoms with Crippen LogP contribution < -0.4 is 5.32 Å². The van der Waals surface area contributed by atoms with E-state index in [0.29, 0.717) is 23.0 Å². The molecule has 0 aliphatic heterocycles. The lowest BCUT2D eigenvalue weighted by Gasteiger charge is -2.22. The molecule has 0 bridgehead atoms. The second-order valence-corrected chi connectivity index (χ2v) is 9.13. The Morgan fingerprint density at radius 1 is 1.36 bits per heavy atom. The van der Waals surface area contributed by atoms with Gasteiger partial charge in [-0.15, -0.1) is 15.3 Å². The first-order valence-electron chi connectivity index (χ1n) is 8.61. The Kier molecular flexibility index (Phi) is 6.16. The summed E-state index contributed by atoms with van der Waals surface area (Å²) in [7, 11) is 0. The van der Waals surface area contributed by atoms with Gasteiger partial charge in [0.15, 0.2) is 10.2 Å². The van der Waals surface area contributed by atoms with Crippen molar-refractivity contribution < 1.29 is 9.53 Å². The normalized spacial score (nSPS) is 12.5. The number of carbonyl (C=O) groups is 1. The number of aromatic nitrogens is 4. The van der Waals surface area contributed by atoms with Gasteiger partial charge >= 0.3 is 6.09 Å². The summed E-state index contributed by atoms with van der Waals surface area (Å²) in [6, 6.07) is 11.4. The van der Waals surface area contributed by atoms with Crippen LogP contribution in [0.3, 0.4) is 0 Å². The summed E-state index contributed by atoms with van der Waals surface area (Å²) in [4.78, 5) is 13.0. The van der Waals surface area contributed by atoms with Crippen LogP contribution in [0.15, 0.2) is 34.7 Å². The summed E-state index contributed by atoms with van der Waals surface area (Å²) in [6.45, 7) is 5.44. The van der Waals surface area contributed by atoms with Crippen molar-refractivity contribution in [2.24, 2.45) is 0 Å². The topological polar surface area (TPSA) is 105 Å². The molecule has 0 aliphatic carbocycles. The summed E-state index contributed by atoms with van der Waals surface area (Å²) < 4.78 is 7.75. The molecule has 1 amide bonds. The number of nitrogens with one attached hydrogen (secondary N) is 1. The molecular weight excluding hydrogens is 396 g/mol. The van der Waals surface area contributed by atoms with E-state index in [2.05, 4.69) is 26.7 Å². The van der Waals surface area contributed by atoms with Crippen LogP contribution in [0, 0.1) is 11.3 Å². The van der Waals surface area contributed by atoms with Gasteiger partial charge in [0.05, 0.1) is 17.9 Å². The lowest BCUT2D eigenvalue weighted by Crippen LogP contribution is -2.36. The molecule has 0 saturated heterocycles. The van der Waals surface area contributed by atoms with Crippen molar-refractivity contribution in [3.8, 4) is 6.07 Å². The minimum absolute atomic E-state index is 0.309. The number of nitrogens with zero attached hydrogens (tertiary/aromatic N) is 5. The zero-order valence-electron chi connectivity index (χ0n) is 15.7. The molecule has 28 heavy (non-hydrogen) atoms. The maximum absolute atomic E-state index is 12.4. The molecule has 3 aromatic rings. The summed E-state index contributed by atoms with van der Waals surface area (Å²) in [5, 5.41) is 24.5. The third-order valence-corrected chi connectivity index (χ3v) is 5.44. The van der Waals surface area contributed by atoms with Gasteiger partial charge in [-0.1, -0.05) is 53.4 Å². The third kappa shape index (κ3) is 5.21. The molecule has 10 heteroatoms. The van der Waals surface area contributed by atoms with E-state index in [0.717, 1.165) is 9.90 Å². The summed E-state index contributed by atoms with van der Waals surface area (Å²) in [6.07, 6.45) is -0.0153. The first-order chi connectivity index (χ1) is 13.4. The van der Waals surface area contributed by atoms with E-state index in [9.17, 15) is 4.79 Å². The van der Waals surface area contributed by atoms with Gasteiger partial charge in [-0.2, -0.15) is 9.78 Å². The van der Waals surface area contributed by atoms with Crippen LogP contribution in [0.1, 0.15) is 38.2 Å². The zero-order chi connectivity index (χ0) is 20.1. The maximum Gasteiger partial charge on any atom is 0.408 e. The van der Waals surface area contributed by atoms with E-state index in [1.165, 1.54) is 23.1 Å². The molecule has 1 N–H and O–H groups in total. The molecule has 1 aromatic carbocycles. The largest absolute Gasteiger partial charge is 0.444 e. The lowest BCUT2D eigenvalue weighted by molar-refractivity contribution is 0.0500. The summed E-state index contributed by atoms with van der Waals surface area (Å²) >= 11 is 2.70. The van der Waals surface area contributed by atoms with Crippen molar-refractivity contribution in [2.45, 2.75) is 43.2 Å². The van der Waals surface area contributed by atoms with Gasteiger partial charge in [-0.25, -0.2) is 4.79 Å². The molecule has 0 fully saturated rings. The highest BCUT2D eigenvalue weighted by Gasteiger charge is 2.26. The molecular formula is C18H20N6O2S2. The number of nitriles is 1. The Hall–Kier alpha value is -2.64. The number of ether oxygens (including phenoxy) is 1. The number of thioether (sulfide) groups is 1. The predicted molar refractivity (Wildman–Crippen MR) is 107 cm³/mol. The average molecular weight is 417 g/mol. The lowest BCUT2D eigenvalue weighted by atomic mass is 10.1. The number of fused-ring (bicyclic) bond motifs is 1. The Balaban J connectivity index is 1.89. The monoisotopic (exact) mass is 416 g/mol. The van der Waals surface area contributed by atoms with Gasteiger partial charge in [0, 0.05) is 6.42 Å². The molecule has 0 saturated carbocycles. The molecule has 3 rings (SSSR count). The van der Waals surface area contributed by atoms with Crippen molar-refractivity contribution in [2.75, 3.05) is 5.75 Å². The highest BCUT2D eigenvalue weighted by molar-refractivity contribution is 8.01. The van der Waals surface area contributed by atoms with Crippen LogP contribution in [0.25, 0.3) is 4.96 Å². The van der Waals surface area contributed by atoms with Crippen LogP contribution in [-0.2, 0) is 11.2 Å². The SMILES string of the molecule is CC(C)(C)OC(=O)N[C@@H](Cc1ccccc1)c1nnc2sc(SCC#N)nn12. The number of hydrogen-bond acceptors (Lipinski definition) is 8. The standard InChI is InChI=1S/C18H20N6O2S2/c1-18(2,3)26-16(25)20-13(11-12-7-5-4-6-8-12)14-21-22-15-24(14)23-17(28-15)27-10-9-19/h4-8,13H,10-11H2,1-3H3,(H,20,25)/t13-/m0/s1. The number of carbonyl (C=O) groups excluding carboxylic acids is 1. The van der Waals surface area contributed by atoms with Crippen molar-refractivity contribution in [3.63, 3.8) is 0 Å². The fourth-order valence-electron chi connectivity index (χ4n) is 2.49. The maximum atomic E-state index is 12.4. The van der Waals surface area contributed by atoms with Crippen molar-refractivity contribution in [1.29, 1.82) is 5.26 Å². The number of hydrogen-bond donors (Lipinski definition) is 1. The molecule has 2 heterocycles. The Labute approximate surface area is 170 Å².